The zero-order valence-electron chi connectivity index (χ0n) is 65.4. The van der Waals surface area contributed by atoms with Crippen LogP contribution >= 0.6 is 47.8 Å². The fourth-order valence-electron chi connectivity index (χ4n) is 17.2. The number of para-hydroxylation sites is 3. The average Bonchev–Trinajstić information content (AvgIpc) is 1.56. The molecule has 0 saturated heterocycles. The first-order chi connectivity index (χ1) is 59.2. The van der Waals surface area contributed by atoms with Gasteiger partial charge in [-0.25, -0.2) is 0 Å². The van der Waals surface area contributed by atoms with Crippen molar-refractivity contribution in [2.75, 3.05) is 0 Å². The Bertz CT molecular complexity index is 7470. The zero-order chi connectivity index (χ0) is 80.4. The van der Waals surface area contributed by atoms with E-state index < -0.39 is 0 Å². The molecule has 568 valence electrons. The molecule has 3 nitrogen and oxygen atoms in total. The van der Waals surface area contributed by atoms with Crippen molar-refractivity contribution in [2.45, 2.75) is 0 Å². The Morgan fingerprint density at radius 3 is 0.775 bits per heavy atom. The third kappa shape index (κ3) is 14.9. The number of hydrogen-bond donors (Lipinski definition) is 0. The van der Waals surface area contributed by atoms with Crippen LogP contribution in [0.3, 0.4) is 0 Å². The Morgan fingerprint density at radius 1 is 0.142 bits per heavy atom. The molecule has 22 rings (SSSR count). The first kappa shape index (κ1) is 74.8. The third-order valence-electron chi connectivity index (χ3n) is 23.0. The van der Waals surface area contributed by atoms with Crippen molar-refractivity contribution in [3.63, 3.8) is 0 Å². The van der Waals surface area contributed by atoms with Crippen LogP contribution in [0.25, 0.3) is 194 Å². The van der Waals surface area contributed by atoms with Crippen molar-refractivity contribution >= 4 is 113 Å². The minimum Gasteiger partial charge on any atom is -0.309 e. The molecule has 0 N–H and O–H groups in total. The fraction of sp³-hybridized carbons (Fsp3) is 0. The summed E-state index contributed by atoms with van der Waals surface area (Å²) in [4.78, 5) is 0. The van der Waals surface area contributed by atoms with Crippen LogP contribution in [0, 0.1) is 0 Å². The summed E-state index contributed by atoms with van der Waals surface area (Å²) >= 11 is 10.7. The largest absolute Gasteiger partial charge is 0.309 e. The van der Waals surface area contributed by atoms with Gasteiger partial charge in [0.05, 0.1) is 33.1 Å². The van der Waals surface area contributed by atoms with E-state index in [1.165, 1.54) is 188 Å². The van der Waals surface area contributed by atoms with Gasteiger partial charge in [-0.2, -0.15) is 0 Å². The minimum absolute atomic E-state index is 1.08. The number of fused-ring (bicyclic) bond motifs is 9. The van der Waals surface area contributed by atoms with Crippen LogP contribution in [0.5, 0.6) is 0 Å². The van der Waals surface area contributed by atoms with Crippen LogP contribution in [0.15, 0.2) is 474 Å². The van der Waals surface area contributed by atoms with Gasteiger partial charge in [-0.15, -0.1) is 0 Å². The summed E-state index contributed by atoms with van der Waals surface area (Å²) in [6, 6.07) is 166. The molecule has 3 aromatic heterocycles. The van der Waals surface area contributed by atoms with Crippen LogP contribution in [0.1, 0.15) is 0 Å². The molecule has 0 aliphatic rings. The lowest BCUT2D eigenvalue weighted by molar-refractivity contribution is 1.18. The van der Waals surface area contributed by atoms with E-state index in [-0.39, 0.29) is 0 Å². The van der Waals surface area contributed by atoms with E-state index in [1.807, 2.05) is 0 Å². The minimum atomic E-state index is 1.08. The van der Waals surface area contributed by atoms with E-state index in [0.29, 0.717) is 0 Å². The quantitative estimate of drug-likeness (QED) is 0.109. The van der Waals surface area contributed by atoms with E-state index >= 15 is 0 Å². The van der Waals surface area contributed by atoms with Gasteiger partial charge in [-0.3, -0.25) is 0 Å². The maximum atomic E-state index is 3.58. The first-order valence-corrected chi connectivity index (χ1v) is 42.9. The Morgan fingerprint density at radius 2 is 0.383 bits per heavy atom. The van der Waals surface area contributed by atoms with Gasteiger partial charge in [-0.1, -0.05) is 363 Å². The van der Waals surface area contributed by atoms with E-state index in [4.69, 9.17) is 0 Å². The number of aromatic nitrogens is 3. The molecule has 0 radical (unpaired) electrons. The van der Waals surface area contributed by atoms with Gasteiger partial charge in [0.1, 0.15) is 0 Å². The van der Waals surface area contributed by atoms with Gasteiger partial charge in [-0.05, 0) is 257 Å². The van der Waals surface area contributed by atoms with Crippen molar-refractivity contribution < 1.29 is 0 Å². The summed E-state index contributed by atoms with van der Waals surface area (Å²) in [6.07, 6.45) is 0. The molecular weight excluding hydrogens is 1650 g/mol. The highest BCUT2D eigenvalue weighted by atomic mass is 79.9. The monoisotopic (exact) mass is 1720 g/mol. The summed E-state index contributed by atoms with van der Waals surface area (Å²) in [6.45, 7) is 0. The summed E-state index contributed by atoms with van der Waals surface area (Å²) < 4.78 is 10.5. The van der Waals surface area contributed by atoms with E-state index in [0.717, 1.165) is 19.1 Å². The zero-order valence-corrected chi connectivity index (χ0v) is 70.1. The Hall–Kier alpha value is -14.0. The molecule has 0 unspecified atom stereocenters. The molecule has 0 saturated carbocycles. The van der Waals surface area contributed by atoms with E-state index in [2.05, 4.69) is 523 Å². The third-order valence-corrected chi connectivity index (χ3v) is 24.6. The van der Waals surface area contributed by atoms with Crippen LogP contribution in [-0.4, -0.2) is 13.7 Å². The summed E-state index contributed by atoms with van der Waals surface area (Å²) in [7, 11) is 0. The summed E-state index contributed by atoms with van der Waals surface area (Å²) in [5.41, 5.74) is 35.1. The van der Waals surface area contributed by atoms with Gasteiger partial charge in [0.2, 0.25) is 0 Å². The van der Waals surface area contributed by atoms with Gasteiger partial charge < -0.3 is 13.7 Å². The highest BCUT2D eigenvalue weighted by Gasteiger charge is 2.23. The van der Waals surface area contributed by atoms with Crippen LogP contribution in [0.2, 0.25) is 0 Å². The van der Waals surface area contributed by atoms with Crippen molar-refractivity contribution in [1.29, 1.82) is 0 Å². The van der Waals surface area contributed by atoms with Gasteiger partial charge >= 0.3 is 0 Å². The maximum absolute atomic E-state index is 3.58. The number of hydrogen-bond acceptors (Lipinski definition) is 0. The molecule has 0 aliphatic heterocycles. The van der Waals surface area contributed by atoms with Crippen molar-refractivity contribution in [3.05, 3.63) is 474 Å². The lowest BCUT2D eigenvalue weighted by Gasteiger charge is -2.15. The van der Waals surface area contributed by atoms with E-state index in [1.54, 1.807) is 0 Å². The molecule has 0 bridgehead atoms. The molecular formula is C114H76Br3N3. The molecule has 6 heteroatoms. The summed E-state index contributed by atoms with van der Waals surface area (Å²) in [5.74, 6) is 0. The number of benzene rings is 19. The van der Waals surface area contributed by atoms with Crippen LogP contribution in [0.4, 0.5) is 0 Å². The Labute approximate surface area is 723 Å². The smallest absolute Gasteiger partial charge is 0.0547 e. The molecule has 22 aromatic rings. The second-order valence-electron chi connectivity index (χ2n) is 30.3. The SMILES string of the molecule is Brc1ccc(-c2cccc(-c3ccc4c(c3)c3cc(-c5ccccc5)ccc3n4-c3ccccc3)c2)cc1.Brc1ccc(-c2cccc(-c3ccc4c(c3)c3ccc(-c5ccccc5)cc3n4-c3ccccc3)c2)cc1.Brc1ccc(-c2cccc(-c3ccc4c(c3-c3ccccc3)c3ccc(-c5ccccc5)cc3n4-c3ccccc3)c2)cc1. The normalized spacial score (nSPS) is 11.3. The standard InChI is InChI=1S/C42H28BrN.2C36H24BrN/c43-35-22-19-30(20-23-35)32-15-10-16-34(27-32)37-25-26-39-42(41(37)31-13-6-2-7-14-31)38-24-21-33(29-11-4-1-5-12-29)28-40(38)44(39)36-17-8-3-9-18-36;37-31-18-14-26(15-19-31)27-10-7-11-28(22-27)29-17-21-35-34(23-29)33-20-16-30(25-8-3-1-4-9-25)24-36(33)38(35)32-12-5-2-6-13-32;37-31-18-14-26(15-19-31)27-10-7-11-28(22-27)30-17-21-36-34(24-30)33-23-29(25-8-3-1-4-9-25)16-20-35(33)38(36)32-12-5-2-6-13-32/h1-28H;2*1-24H. The number of halogens is 3. The molecule has 0 atom stereocenters. The second-order valence-corrected chi connectivity index (χ2v) is 33.0. The second kappa shape index (κ2) is 33.2. The van der Waals surface area contributed by atoms with E-state index in [9.17, 15) is 0 Å². The highest BCUT2D eigenvalue weighted by molar-refractivity contribution is 9.11. The average molecular weight is 1730 g/mol. The van der Waals surface area contributed by atoms with Crippen molar-refractivity contribution in [1.82, 2.24) is 13.7 Å². The lowest BCUT2D eigenvalue weighted by atomic mass is 9.89. The number of nitrogens with zero attached hydrogens (tertiary/aromatic N) is 3. The van der Waals surface area contributed by atoms with Crippen LogP contribution < -0.4 is 0 Å². The Balaban J connectivity index is 0.000000115. The van der Waals surface area contributed by atoms with Crippen molar-refractivity contribution in [2.24, 2.45) is 0 Å². The number of rotatable bonds is 13. The summed E-state index contributed by atoms with van der Waals surface area (Å²) in [5, 5.41) is 7.54. The maximum Gasteiger partial charge on any atom is 0.0547 e. The van der Waals surface area contributed by atoms with Crippen LogP contribution in [-0.2, 0) is 0 Å². The molecule has 0 amide bonds. The highest BCUT2D eigenvalue weighted by Crippen LogP contribution is 2.47. The molecule has 0 aliphatic carbocycles. The van der Waals surface area contributed by atoms with Crippen molar-refractivity contribution in [3.8, 4) is 128 Å². The lowest BCUT2D eigenvalue weighted by Crippen LogP contribution is -1.94. The van der Waals surface area contributed by atoms with Gasteiger partial charge in [0, 0.05) is 62.8 Å². The fourth-order valence-corrected chi connectivity index (χ4v) is 18.0. The Kier molecular flexibility index (Phi) is 20.7. The molecule has 0 spiro atoms. The molecule has 0 fully saturated rings. The predicted molar refractivity (Wildman–Crippen MR) is 520 cm³/mol. The molecule has 120 heavy (non-hydrogen) atoms. The molecule has 19 aromatic carbocycles. The van der Waals surface area contributed by atoms with Gasteiger partial charge in [0.25, 0.3) is 0 Å². The predicted octanol–water partition coefficient (Wildman–Crippen LogP) is 33.3. The first-order valence-electron chi connectivity index (χ1n) is 40.5. The molecule has 3 heterocycles. The topological polar surface area (TPSA) is 14.8 Å². The van der Waals surface area contributed by atoms with Gasteiger partial charge in [0.15, 0.2) is 0 Å².